The summed E-state index contributed by atoms with van der Waals surface area (Å²) in [6.45, 7) is 4.87. The van der Waals surface area contributed by atoms with Gasteiger partial charge < -0.3 is 10.1 Å². The number of hydrogen-bond acceptors (Lipinski definition) is 5. The van der Waals surface area contributed by atoms with Crippen LogP contribution >= 0.6 is 0 Å². The normalized spacial score (nSPS) is 17.2. The molecule has 1 amide bonds. The van der Waals surface area contributed by atoms with Crippen molar-refractivity contribution in [3.63, 3.8) is 0 Å². The summed E-state index contributed by atoms with van der Waals surface area (Å²) in [5, 5.41) is 11.4. The Morgan fingerprint density at radius 1 is 1.38 bits per heavy atom. The van der Waals surface area contributed by atoms with Gasteiger partial charge in [-0.25, -0.2) is 9.36 Å². The quantitative estimate of drug-likeness (QED) is 0.853. The van der Waals surface area contributed by atoms with Gasteiger partial charge in [-0.2, -0.15) is 5.10 Å². The fourth-order valence-corrected chi connectivity index (χ4v) is 2.75. The van der Waals surface area contributed by atoms with Gasteiger partial charge in [0.2, 0.25) is 5.91 Å². The fraction of sp³-hybridized carbons (Fsp3) is 0.500. The van der Waals surface area contributed by atoms with E-state index in [9.17, 15) is 9.59 Å². The summed E-state index contributed by atoms with van der Waals surface area (Å²) in [5.41, 5.74) is 1.45. The van der Waals surface area contributed by atoms with Crippen LogP contribution in [0.3, 0.4) is 0 Å². The van der Waals surface area contributed by atoms with Crippen molar-refractivity contribution in [3.8, 4) is 5.82 Å². The molecular weight excluding hydrogens is 310 g/mol. The van der Waals surface area contributed by atoms with E-state index in [2.05, 4.69) is 15.5 Å². The van der Waals surface area contributed by atoms with E-state index in [1.165, 1.54) is 6.07 Å². The molecule has 24 heavy (non-hydrogen) atoms. The summed E-state index contributed by atoms with van der Waals surface area (Å²) in [6.07, 6.45) is 2.04. The number of carbonyl (C=O) groups excluding carboxylic acids is 1. The van der Waals surface area contributed by atoms with Gasteiger partial charge in [-0.1, -0.05) is 0 Å². The smallest absolute Gasteiger partial charge is 0.267 e. The minimum atomic E-state index is -0.326. The number of carbonyl (C=O) groups is 1. The zero-order valence-corrected chi connectivity index (χ0v) is 13.9. The van der Waals surface area contributed by atoms with Crippen molar-refractivity contribution >= 4 is 5.91 Å². The first kappa shape index (κ1) is 16.4. The molecular formula is C16H21N5O3. The third-order valence-electron chi connectivity index (χ3n) is 3.92. The molecule has 2 aromatic heterocycles. The van der Waals surface area contributed by atoms with E-state index in [0.717, 1.165) is 35.5 Å². The van der Waals surface area contributed by atoms with Crippen molar-refractivity contribution in [2.24, 2.45) is 0 Å². The van der Waals surface area contributed by atoms with E-state index in [1.54, 1.807) is 10.7 Å². The number of rotatable bonds is 5. The highest BCUT2D eigenvalue weighted by atomic mass is 16.5. The van der Waals surface area contributed by atoms with Crippen LogP contribution in [-0.4, -0.2) is 44.7 Å². The number of aryl methyl sites for hydroxylation is 2. The maximum atomic E-state index is 12.1. The molecule has 3 heterocycles. The van der Waals surface area contributed by atoms with Crippen LogP contribution in [0.15, 0.2) is 23.0 Å². The van der Waals surface area contributed by atoms with Gasteiger partial charge in [0.1, 0.15) is 6.54 Å². The fourth-order valence-electron chi connectivity index (χ4n) is 2.75. The molecule has 1 aliphatic heterocycles. The van der Waals surface area contributed by atoms with Gasteiger partial charge in [-0.15, -0.1) is 5.10 Å². The monoisotopic (exact) mass is 331 g/mol. The van der Waals surface area contributed by atoms with Crippen LogP contribution in [0.2, 0.25) is 0 Å². The van der Waals surface area contributed by atoms with Crippen LogP contribution < -0.4 is 10.9 Å². The summed E-state index contributed by atoms with van der Waals surface area (Å²) < 4.78 is 8.26. The average Bonchev–Trinajstić information content (AvgIpc) is 3.17. The molecule has 1 saturated heterocycles. The lowest BCUT2D eigenvalue weighted by Crippen LogP contribution is -2.37. The number of nitrogens with zero attached hydrogens (tertiary/aromatic N) is 4. The Labute approximate surface area is 139 Å². The van der Waals surface area contributed by atoms with Crippen LogP contribution in [0.25, 0.3) is 5.82 Å². The molecule has 1 fully saturated rings. The molecule has 8 nitrogen and oxygen atoms in total. The summed E-state index contributed by atoms with van der Waals surface area (Å²) in [7, 11) is 0. The van der Waals surface area contributed by atoms with Crippen molar-refractivity contribution in [1.29, 1.82) is 0 Å². The first-order chi connectivity index (χ1) is 11.5. The molecule has 1 atom stereocenters. The predicted octanol–water partition coefficient (Wildman–Crippen LogP) is 0.341. The van der Waals surface area contributed by atoms with Gasteiger partial charge in [0.25, 0.3) is 5.56 Å². The number of amides is 1. The van der Waals surface area contributed by atoms with Crippen LogP contribution in [0.4, 0.5) is 0 Å². The number of nitrogens with one attached hydrogen (secondary N) is 1. The van der Waals surface area contributed by atoms with Gasteiger partial charge in [0.05, 0.1) is 11.8 Å². The first-order valence-corrected chi connectivity index (χ1v) is 8.03. The van der Waals surface area contributed by atoms with E-state index in [4.69, 9.17) is 4.74 Å². The van der Waals surface area contributed by atoms with E-state index in [-0.39, 0.29) is 24.1 Å². The van der Waals surface area contributed by atoms with E-state index in [0.29, 0.717) is 12.4 Å². The molecule has 128 valence electrons. The lowest BCUT2D eigenvalue weighted by molar-refractivity contribution is -0.122. The van der Waals surface area contributed by atoms with E-state index >= 15 is 0 Å². The number of aromatic nitrogens is 4. The maximum Gasteiger partial charge on any atom is 0.267 e. The second kappa shape index (κ2) is 6.96. The molecule has 3 rings (SSSR count). The third-order valence-corrected chi connectivity index (χ3v) is 3.92. The number of ether oxygens (including phenoxy) is 1. The van der Waals surface area contributed by atoms with Gasteiger partial charge in [0.15, 0.2) is 5.82 Å². The molecule has 0 aliphatic carbocycles. The second-order valence-corrected chi connectivity index (χ2v) is 5.97. The Balaban J connectivity index is 1.70. The summed E-state index contributed by atoms with van der Waals surface area (Å²) in [4.78, 5) is 24.0. The van der Waals surface area contributed by atoms with Crippen molar-refractivity contribution in [2.45, 2.75) is 39.3 Å². The van der Waals surface area contributed by atoms with Crippen molar-refractivity contribution in [3.05, 3.63) is 39.9 Å². The van der Waals surface area contributed by atoms with Crippen LogP contribution in [0.1, 0.15) is 24.2 Å². The summed E-state index contributed by atoms with van der Waals surface area (Å²) in [5.74, 6) is 0.248. The molecule has 8 heteroatoms. The molecule has 0 spiro atoms. The SMILES string of the molecule is Cc1cc(C)n(-c2ccc(=O)n(CC(=O)NC[C@H]3CCCO3)n2)n1. The van der Waals surface area contributed by atoms with Crippen LogP contribution in [0.5, 0.6) is 0 Å². The highest BCUT2D eigenvalue weighted by molar-refractivity contribution is 5.75. The van der Waals surface area contributed by atoms with Crippen molar-refractivity contribution in [1.82, 2.24) is 24.9 Å². The molecule has 0 radical (unpaired) electrons. The molecule has 0 aromatic carbocycles. The predicted molar refractivity (Wildman–Crippen MR) is 87.1 cm³/mol. The van der Waals surface area contributed by atoms with Gasteiger partial charge in [-0.05, 0) is 38.8 Å². The minimum Gasteiger partial charge on any atom is -0.376 e. The molecule has 2 aromatic rings. The van der Waals surface area contributed by atoms with Gasteiger partial charge in [0, 0.05) is 24.9 Å². The summed E-state index contributed by atoms with van der Waals surface area (Å²) in [6, 6.07) is 4.92. The lowest BCUT2D eigenvalue weighted by atomic mass is 10.2. The van der Waals surface area contributed by atoms with Gasteiger partial charge in [-0.3, -0.25) is 9.59 Å². The van der Waals surface area contributed by atoms with E-state index < -0.39 is 0 Å². The second-order valence-electron chi connectivity index (χ2n) is 5.97. The summed E-state index contributed by atoms with van der Waals surface area (Å²) >= 11 is 0. The average molecular weight is 331 g/mol. The third kappa shape index (κ3) is 3.70. The van der Waals surface area contributed by atoms with Crippen LogP contribution in [-0.2, 0) is 16.1 Å². The molecule has 0 unspecified atom stereocenters. The van der Waals surface area contributed by atoms with Crippen molar-refractivity contribution in [2.75, 3.05) is 13.2 Å². The topological polar surface area (TPSA) is 91.0 Å². The highest BCUT2D eigenvalue weighted by Crippen LogP contribution is 2.10. The minimum absolute atomic E-state index is 0.0691. The van der Waals surface area contributed by atoms with Crippen LogP contribution in [0, 0.1) is 13.8 Å². The Bertz CT molecular complexity index is 789. The Morgan fingerprint density at radius 3 is 2.88 bits per heavy atom. The standard InChI is InChI=1S/C16H21N5O3/c1-11-8-12(2)21(18-11)14-5-6-16(23)20(19-14)10-15(22)17-9-13-4-3-7-24-13/h5-6,8,13H,3-4,7,9-10H2,1-2H3,(H,17,22)/t13-/m1/s1. The van der Waals surface area contributed by atoms with E-state index in [1.807, 2.05) is 19.9 Å². The molecule has 0 saturated carbocycles. The molecule has 0 bridgehead atoms. The maximum absolute atomic E-state index is 12.1. The number of hydrogen-bond donors (Lipinski definition) is 1. The van der Waals surface area contributed by atoms with Gasteiger partial charge >= 0.3 is 0 Å². The highest BCUT2D eigenvalue weighted by Gasteiger charge is 2.16. The molecule has 1 aliphatic rings. The molecule has 1 N–H and O–H groups in total. The lowest BCUT2D eigenvalue weighted by Gasteiger charge is -2.12. The largest absolute Gasteiger partial charge is 0.376 e. The Kier molecular flexibility index (Phi) is 4.75. The Morgan fingerprint density at radius 2 is 2.21 bits per heavy atom. The van der Waals surface area contributed by atoms with Crippen molar-refractivity contribution < 1.29 is 9.53 Å². The zero-order chi connectivity index (χ0) is 17.1. The Hall–Kier alpha value is -2.48. The first-order valence-electron chi connectivity index (χ1n) is 8.03. The zero-order valence-electron chi connectivity index (χ0n) is 13.9.